The van der Waals surface area contributed by atoms with Gasteiger partial charge in [-0.25, -0.2) is 4.68 Å². The van der Waals surface area contributed by atoms with Crippen LogP contribution in [-0.2, 0) is 13.2 Å². The fourth-order valence-corrected chi connectivity index (χ4v) is 2.54. The fourth-order valence-electron chi connectivity index (χ4n) is 2.54. The third-order valence-electron chi connectivity index (χ3n) is 3.55. The van der Waals surface area contributed by atoms with E-state index in [4.69, 9.17) is 10.3 Å². The Balaban J connectivity index is 2.34. The van der Waals surface area contributed by atoms with Crippen LogP contribution in [0.4, 0.5) is 13.2 Å². The number of alkyl halides is 3. The molecule has 7 nitrogen and oxygen atoms in total. The SMILES string of the molecule is Cn1nc(C(F)(F)F)c(C=O)c1O[C@H]1CCCC[C@@H]1N=[N+]=[N-]. The summed E-state index contributed by atoms with van der Waals surface area (Å²) in [5.41, 5.74) is 6.63. The van der Waals surface area contributed by atoms with Crippen molar-refractivity contribution in [2.45, 2.75) is 44.0 Å². The number of hydrogen-bond donors (Lipinski definition) is 0. The van der Waals surface area contributed by atoms with E-state index in [1.165, 1.54) is 7.05 Å². The third-order valence-corrected chi connectivity index (χ3v) is 3.55. The van der Waals surface area contributed by atoms with E-state index >= 15 is 0 Å². The van der Waals surface area contributed by atoms with Crippen molar-refractivity contribution in [1.29, 1.82) is 0 Å². The van der Waals surface area contributed by atoms with Crippen molar-refractivity contribution in [1.82, 2.24) is 9.78 Å². The quantitative estimate of drug-likeness (QED) is 0.369. The molecule has 1 heterocycles. The van der Waals surface area contributed by atoms with Gasteiger partial charge in [0.25, 0.3) is 0 Å². The highest BCUT2D eigenvalue weighted by Gasteiger charge is 2.40. The van der Waals surface area contributed by atoms with Crippen molar-refractivity contribution in [3.8, 4) is 5.88 Å². The third kappa shape index (κ3) is 3.16. The average Bonchev–Trinajstić information content (AvgIpc) is 2.78. The number of carbonyl (C=O) groups is 1. The predicted molar refractivity (Wildman–Crippen MR) is 69.4 cm³/mol. The standard InChI is InChI=1S/C12H14F3N5O2/c1-20-11(7(6-21)10(18-20)12(13,14)15)22-9-5-3-2-4-8(9)17-19-16/h6,8-9H,2-5H2,1H3/t8-,9-/m0/s1. The Morgan fingerprint density at radius 2 is 2.14 bits per heavy atom. The second-order valence-corrected chi connectivity index (χ2v) is 5.02. The Morgan fingerprint density at radius 1 is 1.45 bits per heavy atom. The normalized spacial score (nSPS) is 22.0. The number of hydrogen-bond acceptors (Lipinski definition) is 4. The van der Waals surface area contributed by atoms with Gasteiger partial charge in [-0.2, -0.15) is 18.3 Å². The van der Waals surface area contributed by atoms with Gasteiger partial charge in [0.2, 0.25) is 5.88 Å². The summed E-state index contributed by atoms with van der Waals surface area (Å²) in [5.74, 6) is -0.257. The van der Waals surface area contributed by atoms with Gasteiger partial charge >= 0.3 is 6.18 Å². The number of halogens is 3. The summed E-state index contributed by atoms with van der Waals surface area (Å²) in [6, 6.07) is -0.470. The molecule has 1 aromatic rings. The summed E-state index contributed by atoms with van der Waals surface area (Å²) < 4.78 is 45.0. The Labute approximate surface area is 123 Å². The molecule has 0 saturated heterocycles. The van der Waals surface area contributed by atoms with Crippen LogP contribution in [0, 0.1) is 0 Å². The maximum Gasteiger partial charge on any atom is 0.436 e. The van der Waals surface area contributed by atoms with Crippen LogP contribution >= 0.6 is 0 Å². The molecule has 0 spiro atoms. The number of aldehydes is 1. The Kier molecular flexibility index (Phi) is 4.60. The van der Waals surface area contributed by atoms with Gasteiger partial charge in [0.1, 0.15) is 11.7 Å². The van der Waals surface area contributed by atoms with Gasteiger partial charge in [0, 0.05) is 12.0 Å². The van der Waals surface area contributed by atoms with Gasteiger partial charge in [0.15, 0.2) is 12.0 Å². The average molecular weight is 317 g/mol. The van der Waals surface area contributed by atoms with Crippen LogP contribution in [0.25, 0.3) is 10.4 Å². The lowest BCUT2D eigenvalue weighted by molar-refractivity contribution is -0.141. The van der Waals surface area contributed by atoms with Crippen molar-refractivity contribution < 1.29 is 22.7 Å². The summed E-state index contributed by atoms with van der Waals surface area (Å²) in [6.45, 7) is 0. The van der Waals surface area contributed by atoms with Crippen LogP contribution < -0.4 is 4.74 Å². The predicted octanol–water partition coefficient (Wildman–Crippen LogP) is 3.25. The Hall–Kier alpha value is -2.22. The molecule has 22 heavy (non-hydrogen) atoms. The molecule has 0 unspecified atom stereocenters. The molecule has 1 aromatic heterocycles. The van der Waals surface area contributed by atoms with E-state index in [0.29, 0.717) is 12.8 Å². The van der Waals surface area contributed by atoms with E-state index in [1.54, 1.807) is 0 Å². The topological polar surface area (TPSA) is 92.9 Å². The number of aryl methyl sites for hydroxylation is 1. The number of aromatic nitrogens is 2. The molecule has 0 radical (unpaired) electrons. The summed E-state index contributed by atoms with van der Waals surface area (Å²) >= 11 is 0. The van der Waals surface area contributed by atoms with Crippen molar-refractivity contribution >= 4 is 6.29 Å². The molecule has 120 valence electrons. The number of carbonyl (C=O) groups excluding carboxylic acids is 1. The molecular weight excluding hydrogens is 303 g/mol. The first kappa shape index (κ1) is 16.2. The molecule has 1 fully saturated rings. The lowest BCUT2D eigenvalue weighted by Crippen LogP contribution is -2.34. The highest BCUT2D eigenvalue weighted by atomic mass is 19.4. The minimum absolute atomic E-state index is 0.0799. The van der Waals surface area contributed by atoms with Crippen LogP contribution in [0.3, 0.4) is 0 Å². The molecule has 0 N–H and O–H groups in total. The molecule has 1 aliphatic rings. The van der Waals surface area contributed by atoms with E-state index in [1.807, 2.05) is 0 Å². The van der Waals surface area contributed by atoms with Crippen molar-refractivity contribution in [2.75, 3.05) is 0 Å². The Bertz CT molecular complexity index is 607. The largest absolute Gasteiger partial charge is 0.474 e. The molecule has 10 heteroatoms. The first-order valence-electron chi connectivity index (χ1n) is 6.68. The van der Waals surface area contributed by atoms with E-state index in [0.717, 1.165) is 17.5 Å². The maximum absolute atomic E-state index is 12.8. The Morgan fingerprint density at radius 3 is 2.73 bits per heavy atom. The van der Waals surface area contributed by atoms with Gasteiger partial charge in [0.05, 0.1) is 6.04 Å². The van der Waals surface area contributed by atoms with Crippen molar-refractivity contribution in [3.63, 3.8) is 0 Å². The lowest BCUT2D eigenvalue weighted by atomic mass is 9.93. The molecule has 2 rings (SSSR count). The van der Waals surface area contributed by atoms with Crippen LogP contribution in [0.2, 0.25) is 0 Å². The van der Waals surface area contributed by atoms with Crippen LogP contribution in [0.1, 0.15) is 41.7 Å². The van der Waals surface area contributed by atoms with Gasteiger partial charge in [-0.05, 0) is 24.8 Å². The second kappa shape index (κ2) is 6.27. The van der Waals surface area contributed by atoms with Gasteiger partial charge in [-0.3, -0.25) is 4.79 Å². The van der Waals surface area contributed by atoms with E-state index in [2.05, 4.69) is 15.1 Å². The first-order chi connectivity index (χ1) is 10.4. The van der Waals surface area contributed by atoms with Crippen molar-refractivity contribution in [3.05, 3.63) is 21.7 Å². The van der Waals surface area contributed by atoms with Crippen LogP contribution in [0.5, 0.6) is 5.88 Å². The zero-order valence-electron chi connectivity index (χ0n) is 11.7. The van der Waals surface area contributed by atoms with E-state index in [-0.39, 0.29) is 12.2 Å². The van der Waals surface area contributed by atoms with Gasteiger partial charge < -0.3 is 4.74 Å². The van der Waals surface area contributed by atoms with Crippen LogP contribution in [-0.4, -0.2) is 28.2 Å². The summed E-state index contributed by atoms with van der Waals surface area (Å²) in [6.07, 6.45) is -2.45. The van der Waals surface area contributed by atoms with Crippen LogP contribution in [0.15, 0.2) is 5.11 Å². The smallest absolute Gasteiger partial charge is 0.436 e. The molecule has 2 atom stereocenters. The monoisotopic (exact) mass is 317 g/mol. The molecular formula is C12H14F3N5O2. The summed E-state index contributed by atoms with van der Waals surface area (Å²) in [4.78, 5) is 13.8. The fraction of sp³-hybridized carbons (Fsp3) is 0.667. The second-order valence-electron chi connectivity index (χ2n) is 5.02. The van der Waals surface area contributed by atoms with Gasteiger partial charge in [-0.15, -0.1) is 0 Å². The minimum Gasteiger partial charge on any atom is -0.474 e. The molecule has 1 saturated carbocycles. The van der Waals surface area contributed by atoms with Crippen molar-refractivity contribution in [2.24, 2.45) is 12.2 Å². The molecule has 0 aromatic carbocycles. The summed E-state index contributed by atoms with van der Waals surface area (Å²) in [7, 11) is 1.27. The first-order valence-corrected chi connectivity index (χ1v) is 6.68. The molecule has 1 aliphatic carbocycles. The lowest BCUT2D eigenvalue weighted by Gasteiger charge is -2.28. The number of rotatable bonds is 4. The number of azide groups is 1. The molecule has 0 aliphatic heterocycles. The minimum atomic E-state index is -4.74. The molecule has 0 bridgehead atoms. The maximum atomic E-state index is 12.8. The van der Waals surface area contributed by atoms with E-state index in [9.17, 15) is 18.0 Å². The highest BCUT2D eigenvalue weighted by molar-refractivity contribution is 5.80. The number of nitrogens with zero attached hydrogens (tertiary/aromatic N) is 5. The van der Waals surface area contributed by atoms with Gasteiger partial charge in [-0.1, -0.05) is 11.5 Å². The zero-order chi connectivity index (χ0) is 16.3. The molecule has 0 amide bonds. The highest BCUT2D eigenvalue weighted by Crippen LogP contribution is 2.36. The number of ether oxygens (including phenoxy) is 1. The zero-order valence-corrected chi connectivity index (χ0v) is 11.7. The van der Waals surface area contributed by atoms with E-state index < -0.39 is 29.6 Å². The summed E-state index contributed by atoms with van der Waals surface area (Å²) in [5, 5.41) is 6.94.